The summed E-state index contributed by atoms with van der Waals surface area (Å²) >= 11 is 0. The molecule has 2 aliphatic heterocycles. The Hall–Kier alpha value is -3.19. The number of hydrogen-bond acceptors (Lipinski definition) is 4. The van der Waals surface area contributed by atoms with Crippen molar-refractivity contribution < 1.29 is 14.4 Å². The molecule has 1 saturated heterocycles. The normalized spacial score (nSPS) is 21.3. The second-order valence-electron chi connectivity index (χ2n) is 7.82. The van der Waals surface area contributed by atoms with Crippen molar-refractivity contribution >= 4 is 23.4 Å². The summed E-state index contributed by atoms with van der Waals surface area (Å²) in [4.78, 5) is 40.1. The third-order valence-electron chi connectivity index (χ3n) is 5.82. The number of hydrogen-bond donors (Lipinski definition) is 3. The van der Waals surface area contributed by atoms with Crippen LogP contribution in [0.5, 0.6) is 0 Å². The highest BCUT2D eigenvalue weighted by Crippen LogP contribution is 2.39. The molecule has 4 rings (SSSR count). The van der Waals surface area contributed by atoms with E-state index < -0.39 is 18.0 Å². The second kappa shape index (κ2) is 8.28. The number of benzene rings is 2. The smallest absolute Gasteiger partial charge is 0.253 e. The van der Waals surface area contributed by atoms with Gasteiger partial charge >= 0.3 is 0 Å². The molecule has 0 saturated carbocycles. The monoisotopic (exact) mass is 406 g/mol. The van der Waals surface area contributed by atoms with Crippen LogP contribution in [0.25, 0.3) is 11.1 Å². The number of anilines is 1. The van der Waals surface area contributed by atoms with Gasteiger partial charge in [0.25, 0.3) is 5.91 Å². The summed E-state index contributed by atoms with van der Waals surface area (Å²) < 4.78 is 0. The van der Waals surface area contributed by atoms with E-state index in [9.17, 15) is 14.4 Å². The van der Waals surface area contributed by atoms with Gasteiger partial charge in [-0.2, -0.15) is 0 Å². The molecule has 0 spiro atoms. The van der Waals surface area contributed by atoms with Crippen molar-refractivity contribution in [2.24, 2.45) is 0 Å². The van der Waals surface area contributed by atoms with Crippen LogP contribution in [0.2, 0.25) is 0 Å². The lowest BCUT2D eigenvalue weighted by Gasteiger charge is -2.25. The molecule has 2 heterocycles. The molecule has 156 valence electrons. The molecule has 30 heavy (non-hydrogen) atoms. The molecule has 0 aromatic heterocycles. The fourth-order valence-electron chi connectivity index (χ4n) is 4.13. The Balaban J connectivity index is 1.58. The topological polar surface area (TPSA) is 90.5 Å². The van der Waals surface area contributed by atoms with Crippen molar-refractivity contribution in [3.63, 3.8) is 0 Å². The largest absolute Gasteiger partial charge is 0.343 e. The molecule has 0 aliphatic carbocycles. The fraction of sp³-hybridized carbons (Fsp3) is 0.348. The fourth-order valence-corrected chi connectivity index (χ4v) is 4.13. The lowest BCUT2D eigenvalue weighted by atomic mass is 9.95. The van der Waals surface area contributed by atoms with Crippen molar-refractivity contribution in [2.45, 2.75) is 37.9 Å². The number of rotatable bonds is 4. The van der Waals surface area contributed by atoms with E-state index in [2.05, 4.69) is 16.0 Å². The Morgan fingerprint density at radius 2 is 1.80 bits per heavy atom. The summed E-state index contributed by atoms with van der Waals surface area (Å²) in [6.45, 7) is 2.44. The third-order valence-corrected chi connectivity index (χ3v) is 5.82. The van der Waals surface area contributed by atoms with Crippen LogP contribution >= 0.6 is 0 Å². The van der Waals surface area contributed by atoms with E-state index >= 15 is 0 Å². The van der Waals surface area contributed by atoms with E-state index in [0.29, 0.717) is 0 Å². The summed E-state index contributed by atoms with van der Waals surface area (Å²) in [5.74, 6) is -0.808. The zero-order chi connectivity index (χ0) is 21.3. The van der Waals surface area contributed by atoms with E-state index in [1.165, 1.54) is 0 Å². The van der Waals surface area contributed by atoms with E-state index in [4.69, 9.17) is 0 Å². The van der Waals surface area contributed by atoms with Gasteiger partial charge in [-0.3, -0.25) is 14.4 Å². The average Bonchev–Trinajstić information content (AvgIpc) is 3.29. The number of amides is 3. The third kappa shape index (κ3) is 3.68. The molecule has 7 nitrogen and oxygen atoms in total. The second-order valence-corrected chi connectivity index (χ2v) is 7.82. The van der Waals surface area contributed by atoms with Gasteiger partial charge in [-0.15, -0.1) is 0 Å². The van der Waals surface area contributed by atoms with Crippen LogP contribution in [0.1, 0.15) is 31.4 Å². The molecule has 7 heteroatoms. The Morgan fingerprint density at radius 3 is 2.53 bits per heavy atom. The summed E-state index contributed by atoms with van der Waals surface area (Å²) in [6, 6.07) is 13.4. The summed E-state index contributed by atoms with van der Waals surface area (Å²) in [7, 11) is 1.71. The molecule has 3 amide bonds. The number of fused-ring (bicyclic) bond motifs is 3. The molecule has 0 bridgehead atoms. The van der Waals surface area contributed by atoms with Crippen LogP contribution < -0.4 is 20.9 Å². The average molecular weight is 406 g/mol. The van der Waals surface area contributed by atoms with Gasteiger partial charge in [-0.1, -0.05) is 42.5 Å². The summed E-state index contributed by atoms with van der Waals surface area (Å²) in [5, 5.41) is 8.74. The minimum atomic E-state index is -0.838. The lowest BCUT2D eigenvalue weighted by Crippen LogP contribution is -2.52. The Kier molecular flexibility index (Phi) is 5.55. The molecular formula is C23H26N4O3. The SMILES string of the molecule is C[C@H](NC(=O)C1CCCN1)C(=O)N[C@@H]1C(=O)N(C)c2ccccc2-c2ccccc21. The number of nitrogens with one attached hydrogen (secondary N) is 3. The molecule has 3 atom stereocenters. The lowest BCUT2D eigenvalue weighted by molar-refractivity contribution is -0.131. The van der Waals surface area contributed by atoms with Gasteiger partial charge < -0.3 is 20.9 Å². The summed E-state index contributed by atoms with van der Waals surface area (Å²) in [6.07, 6.45) is 1.70. The first-order valence-corrected chi connectivity index (χ1v) is 10.3. The molecule has 2 aromatic carbocycles. The zero-order valence-electron chi connectivity index (χ0n) is 17.1. The number of likely N-dealkylation sites (N-methyl/N-ethyl adjacent to an activating group) is 1. The first-order valence-electron chi connectivity index (χ1n) is 10.3. The van der Waals surface area contributed by atoms with Gasteiger partial charge in [0.05, 0.1) is 11.7 Å². The van der Waals surface area contributed by atoms with Gasteiger partial charge in [0, 0.05) is 12.6 Å². The predicted molar refractivity (Wildman–Crippen MR) is 115 cm³/mol. The molecule has 1 unspecified atom stereocenters. The van der Waals surface area contributed by atoms with Crippen LogP contribution in [0.3, 0.4) is 0 Å². The maximum Gasteiger partial charge on any atom is 0.253 e. The molecule has 3 N–H and O–H groups in total. The van der Waals surface area contributed by atoms with Gasteiger partial charge in [0.15, 0.2) is 0 Å². The quantitative estimate of drug-likeness (QED) is 0.722. The highest BCUT2D eigenvalue weighted by Gasteiger charge is 2.34. The first kappa shape index (κ1) is 20.1. The van der Waals surface area contributed by atoms with Crippen molar-refractivity contribution in [1.82, 2.24) is 16.0 Å². The predicted octanol–water partition coefficient (Wildman–Crippen LogP) is 1.74. The van der Waals surface area contributed by atoms with Crippen LogP contribution in [0, 0.1) is 0 Å². The molecular weight excluding hydrogens is 380 g/mol. The minimum absolute atomic E-state index is 0.188. The Morgan fingerprint density at radius 1 is 1.10 bits per heavy atom. The molecule has 2 aliphatic rings. The molecule has 1 fully saturated rings. The van der Waals surface area contributed by atoms with E-state index in [0.717, 1.165) is 41.8 Å². The number of para-hydroxylation sites is 1. The summed E-state index contributed by atoms with van der Waals surface area (Å²) in [5.41, 5.74) is 3.38. The highest BCUT2D eigenvalue weighted by atomic mass is 16.2. The molecule has 0 radical (unpaired) electrons. The molecule has 2 aromatic rings. The van der Waals surface area contributed by atoms with Crippen molar-refractivity contribution in [2.75, 3.05) is 18.5 Å². The maximum absolute atomic E-state index is 13.3. The Labute approximate surface area is 175 Å². The van der Waals surface area contributed by atoms with Crippen molar-refractivity contribution in [3.05, 3.63) is 54.1 Å². The number of carbonyl (C=O) groups excluding carboxylic acids is 3. The van der Waals surface area contributed by atoms with E-state index in [1.807, 2.05) is 48.5 Å². The van der Waals surface area contributed by atoms with Crippen LogP contribution in [0.4, 0.5) is 5.69 Å². The van der Waals surface area contributed by atoms with Gasteiger partial charge in [0.1, 0.15) is 12.1 Å². The minimum Gasteiger partial charge on any atom is -0.343 e. The first-order chi connectivity index (χ1) is 14.5. The van der Waals surface area contributed by atoms with E-state index in [-0.39, 0.29) is 17.9 Å². The van der Waals surface area contributed by atoms with Gasteiger partial charge in [0.2, 0.25) is 11.8 Å². The van der Waals surface area contributed by atoms with Crippen LogP contribution in [-0.4, -0.2) is 43.4 Å². The highest BCUT2D eigenvalue weighted by molar-refractivity contribution is 6.06. The van der Waals surface area contributed by atoms with E-state index in [1.54, 1.807) is 18.9 Å². The van der Waals surface area contributed by atoms with Gasteiger partial charge in [-0.05, 0) is 43.5 Å². The van der Waals surface area contributed by atoms with Crippen molar-refractivity contribution in [1.29, 1.82) is 0 Å². The number of carbonyl (C=O) groups is 3. The maximum atomic E-state index is 13.3. The van der Waals surface area contributed by atoms with Crippen molar-refractivity contribution in [3.8, 4) is 11.1 Å². The standard InChI is InChI=1S/C23H26N4O3/c1-14(25-22(29)18-11-7-13-24-18)21(28)26-20-17-10-4-3-8-15(17)16-9-5-6-12-19(16)27(2)23(20)30/h3-6,8-10,12,14,18,20,24H,7,11,13H2,1-2H3,(H,25,29)(H,26,28)/t14-,18?,20-/m0/s1. The van der Waals surface area contributed by atoms with Crippen LogP contribution in [0.15, 0.2) is 48.5 Å². The van der Waals surface area contributed by atoms with Crippen LogP contribution in [-0.2, 0) is 14.4 Å². The number of nitrogens with zero attached hydrogens (tertiary/aromatic N) is 1. The van der Waals surface area contributed by atoms with Gasteiger partial charge in [-0.25, -0.2) is 0 Å². The Bertz CT molecular complexity index is 984. The zero-order valence-corrected chi connectivity index (χ0v) is 17.1.